The summed E-state index contributed by atoms with van der Waals surface area (Å²) >= 11 is 2.06. The van der Waals surface area contributed by atoms with Gasteiger partial charge in [0.15, 0.2) is 5.82 Å². The topological polar surface area (TPSA) is 68.2 Å². The predicted octanol–water partition coefficient (Wildman–Crippen LogP) is 0.856. The Morgan fingerprint density at radius 1 is 1.62 bits per heavy atom. The largest absolute Gasteiger partial charge is 0.338 e. The first-order valence-corrected chi connectivity index (χ1v) is 6.72. The molecule has 0 aromatic carbocycles. The molecule has 90 valence electrons. The van der Waals surface area contributed by atoms with Crippen LogP contribution in [0.3, 0.4) is 0 Å². The lowest BCUT2D eigenvalue weighted by Gasteiger charge is -2.30. The van der Waals surface area contributed by atoms with Crippen LogP contribution in [0.25, 0.3) is 0 Å². The van der Waals surface area contributed by atoms with Crippen molar-refractivity contribution >= 4 is 11.8 Å². The van der Waals surface area contributed by atoms with E-state index in [1.165, 1.54) is 12.2 Å². The van der Waals surface area contributed by atoms with E-state index in [9.17, 15) is 0 Å². The van der Waals surface area contributed by atoms with Crippen LogP contribution in [-0.4, -0.2) is 39.1 Å². The van der Waals surface area contributed by atoms with Crippen molar-refractivity contribution in [3.8, 4) is 0 Å². The summed E-state index contributed by atoms with van der Waals surface area (Å²) in [6.45, 7) is 5.56. The first-order valence-electron chi connectivity index (χ1n) is 5.67. The molecule has 1 aromatic rings. The van der Waals surface area contributed by atoms with E-state index >= 15 is 0 Å². The number of nitrogens with zero attached hydrogens (tertiary/aromatic N) is 3. The monoisotopic (exact) mass is 242 g/mol. The molecule has 1 aliphatic heterocycles. The van der Waals surface area contributed by atoms with Gasteiger partial charge in [-0.2, -0.15) is 16.7 Å². The highest BCUT2D eigenvalue weighted by atomic mass is 32.2. The van der Waals surface area contributed by atoms with E-state index in [1.54, 1.807) is 0 Å². The summed E-state index contributed by atoms with van der Waals surface area (Å²) in [5.41, 5.74) is 5.43. The van der Waals surface area contributed by atoms with Crippen molar-refractivity contribution in [2.24, 2.45) is 5.73 Å². The summed E-state index contributed by atoms with van der Waals surface area (Å²) in [7, 11) is 0. The van der Waals surface area contributed by atoms with Crippen LogP contribution in [0, 0.1) is 0 Å². The van der Waals surface area contributed by atoms with E-state index < -0.39 is 0 Å². The Labute approximate surface area is 99.8 Å². The van der Waals surface area contributed by atoms with E-state index in [-0.39, 0.29) is 0 Å². The van der Waals surface area contributed by atoms with E-state index in [2.05, 4.69) is 33.7 Å². The Morgan fingerprint density at radius 2 is 2.50 bits per heavy atom. The molecule has 5 nitrogen and oxygen atoms in total. The van der Waals surface area contributed by atoms with Crippen LogP contribution >= 0.6 is 11.8 Å². The number of aromatic nitrogens is 2. The van der Waals surface area contributed by atoms with Crippen LogP contribution in [0.4, 0.5) is 0 Å². The fourth-order valence-electron chi connectivity index (χ4n) is 1.81. The minimum absolute atomic E-state index is 0.320. The van der Waals surface area contributed by atoms with Crippen molar-refractivity contribution in [3.05, 3.63) is 11.7 Å². The first kappa shape index (κ1) is 11.9. The molecule has 0 amide bonds. The molecule has 1 aromatic heterocycles. The summed E-state index contributed by atoms with van der Waals surface area (Å²) in [6.07, 6.45) is 1.22. The second-order valence-electron chi connectivity index (χ2n) is 3.94. The lowest BCUT2D eigenvalue weighted by molar-refractivity contribution is 0.261. The molecule has 2 rings (SSSR count). The lowest BCUT2D eigenvalue weighted by atomic mass is 10.3. The van der Waals surface area contributed by atoms with Crippen molar-refractivity contribution in [2.75, 3.05) is 18.8 Å². The first-order chi connectivity index (χ1) is 7.81. The summed E-state index contributed by atoms with van der Waals surface area (Å²) < 4.78 is 4.99. The van der Waals surface area contributed by atoms with Gasteiger partial charge in [0.1, 0.15) is 0 Å². The van der Waals surface area contributed by atoms with Crippen molar-refractivity contribution in [1.29, 1.82) is 0 Å². The van der Waals surface area contributed by atoms with Crippen LogP contribution < -0.4 is 5.73 Å². The third kappa shape index (κ3) is 2.96. The van der Waals surface area contributed by atoms with Gasteiger partial charge in [-0.3, -0.25) is 4.90 Å². The van der Waals surface area contributed by atoms with Gasteiger partial charge in [0, 0.05) is 24.1 Å². The van der Waals surface area contributed by atoms with Crippen LogP contribution in [0.5, 0.6) is 0 Å². The van der Waals surface area contributed by atoms with Crippen LogP contribution in [0.2, 0.25) is 0 Å². The molecule has 2 N–H and O–H groups in total. The molecule has 6 heteroatoms. The Balaban J connectivity index is 1.88. The third-order valence-electron chi connectivity index (χ3n) is 2.73. The summed E-state index contributed by atoms with van der Waals surface area (Å²) in [6, 6.07) is 0. The maximum atomic E-state index is 5.43. The molecule has 1 fully saturated rings. The zero-order valence-corrected chi connectivity index (χ0v) is 10.4. The second kappa shape index (κ2) is 5.65. The van der Waals surface area contributed by atoms with Crippen molar-refractivity contribution in [1.82, 2.24) is 15.0 Å². The molecule has 0 radical (unpaired) electrons. The van der Waals surface area contributed by atoms with Crippen molar-refractivity contribution < 1.29 is 4.52 Å². The number of thioether (sulfide) groups is 1. The lowest BCUT2D eigenvalue weighted by Crippen LogP contribution is -2.37. The van der Waals surface area contributed by atoms with E-state index in [0.29, 0.717) is 12.4 Å². The quantitative estimate of drug-likeness (QED) is 0.844. The zero-order chi connectivity index (χ0) is 11.4. The fraction of sp³-hybridized carbons (Fsp3) is 0.800. The minimum atomic E-state index is 0.320. The van der Waals surface area contributed by atoms with Gasteiger partial charge in [0.2, 0.25) is 5.89 Å². The average Bonchev–Trinajstić information content (AvgIpc) is 2.77. The average molecular weight is 242 g/mol. The Bertz CT molecular complexity index is 330. The Kier molecular flexibility index (Phi) is 4.20. The zero-order valence-electron chi connectivity index (χ0n) is 9.56. The highest BCUT2D eigenvalue weighted by molar-refractivity contribution is 8.00. The summed E-state index contributed by atoms with van der Waals surface area (Å²) in [5, 5.41) is 4.66. The van der Waals surface area contributed by atoms with Gasteiger partial charge in [0.05, 0.1) is 13.1 Å². The van der Waals surface area contributed by atoms with Gasteiger partial charge >= 0.3 is 0 Å². The molecule has 1 saturated heterocycles. The SMILES string of the molecule is CCC1CN(Cc2noc(CN)n2)CCS1. The predicted molar refractivity (Wildman–Crippen MR) is 64.0 cm³/mol. The van der Waals surface area contributed by atoms with Gasteiger partial charge in [0.25, 0.3) is 0 Å². The number of hydrogen-bond acceptors (Lipinski definition) is 6. The van der Waals surface area contributed by atoms with E-state index in [1.807, 2.05) is 0 Å². The van der Waals surface area contributed by atoms with Crippen LogP contribution in [-0.2, 0) is 13.1 Å². The Hall–Kier alpha value is -0.590. The molecule has 0 aliphatic carbocycles. The molecule has 0 spiro atoms. The maximum Gasteiger partial charge on any atom is 0.240 e. The molecule has 1 unspecified atom stereocenters. The number of rotatable bonds is 4. The molecular formula is C10H18N4OS. The molecule has 2 heterocycles. The molecular weight excluding hydrogens is 224 g/mol. The van der Waals surface area contributed by atoms with Gasteiger partial charge in [-0.1, -0.05) is 12.1 Å². The second-order valence-corrected chi connectivity index (χ2v) is 5.35. The van der Waals surface area contributed by atoms with Crippen LogP contribution in [0.1, 0.15) is 25.1 Å². The maximum absolute atomic E-state index is 5.43. The van der Waals surface area contributed by atoms with Gasteiger partial charge in [-0.25, -0.2) is 0 Å². The minimum Gasteiger partial charge on any atom is -0.338 e. The highest BCUT2D eigenvalue weighted by Crippen LogP contribution is 2.21. The third-order valence-corrected chi connectivity index (χ3v) is 4.10. The molecule has 16 heavy (non-hydrogen) atoms. The summed E-state index contributed by atoms with van der Waals surface area (Å²) in [5.74, 6) is 2.47. The standard InChI is InChI=1S/C10H18N4OS/c1-2-8-6-14(3-4-16-8)7-9-12-10(5-11)15-13-9/h8H,2-7,11H2,1H3. The normalized spacial score (nSPS) is 22.5. The fourth-order valence-corrected chi connectivity index (χ4v) is 3.06. The molecule has 0 bridgehead atoms. The van der Waals surface area contributed by atoms with Gasteiger partial charge in [-0.15, -0.1) is 0 Å². The van der Waals surface area contributed by atoms with Gasteiger partial charge < -0.3 is 10.3 Å². The number of nitrogens with two attached hydrogens (primary N) is 1. The van der Waals surface area contributed by atoms with Crippen molar-refractivity contribution in [3.63, 3.8) is 0 Å². The van der Waals surface area contributed by atoms with E-state index in [4.69, 9.17) is 10.3 Å². The summed E-state index contributed by atoms with van der Waals surface area (Å²) in [4.78, 5) is 6.61. The van der Waals surface area contributed by atoms with Gasteiger partial charge in [-0.05, 0) is 6.42 Å². The van der Waals surface area contributed by atoms with E-state index in [0.717, 1.165) is 30.7 Å². The Morgan fingerprint density at radius 3 is 3.19 bits per heavy atom. The molecule has 0 saturated carbocycles. The number of hydrogen-bond donors (Lipinski definition) is 1. The molecule has 1 atom stereocenters. The van der Waals surface area contributed by atoms with Crippen LogP contribution in [0.15, 0.2) is 4.52 Å². The molecule has 1 aliphatic rings. The van der Waals surface area contributed by atoms with Crippen molar-refractivity contribution in [2.45, 2.75) is 31.7 Å². The highest BCUT2D eigenvalue weighted by Gasteiger charge is 2.20. The smallest absolute Gasteiger partial charge is 0.240 e.